The molecule has 6 rings (SSSR count). The van der Waals surface area contributed by atoms with Crippen molar-refractivity contribution in [1.29, 1.82) is 0 Å². The molecule has 2 unspecified atom stereocenters. The van der Waals surface area contributed by atoms with Gasteiger partial charge >= 0.3 is 0 Å². The van der Waals surface area contributed by atoms with E-state index in [1.54, 1.807) is 26.5 Å². The molecule has 1 saturated heterocycles. The van der Waals surface area contributed by atoms with Gasteiger partial charge in [-0.1, -0.05) is 48.5 Å². The van der Waals surface area contributed by atoms with Crippen LogP contribution in [0.3, 0.4) is 0 Å². The van der Waals surface area contributed by atoms with Crippen molar-refractivity contribution in [3.63, 3.8) is 0 Å². The van der Waals surface area contributed by atoms with Gasteiger partial charge in [0, 0.05) is 45.0 Å². The van der Waals surface area contributed by atoms with Gasteiger partial charge in [-0.15, -0.1) is 0 Å². The number of piperazine rings is 1. The largest absolute Gasteiger partial charge is 0.493 e. The highest BCUT2D eigenvalue weighted by atomic mass is 16.5. The standard InChI is InChI=1S/C37H41N5O4/c1-26(27-11-5-4-6-12-27)40-21-23-41(24-22-40)31-14-9-13-29-35(31)37(44)42(36(29)43)30(15-10-20-39-34-16-7-8-19-38-34)28-17-18-32(45-2)33(25-28)46-3/h4-9,11-14,16-19,25-26,30H,10,15,20-24H2,1-3H3,(H,38,39). The average Bonchev–Trinajstić information content (AvgIpc) is 3.37. The molecule has 0 spiro atoms. The number of pyridine rings is 1. The number of hydrogen-bond acceptors (Lipinski definition) is 8. The van der Waals surface area contributed by atoms with Crippen molar-refractivity contribution >= 4 is 23.3 Å². The topological polar surface area (TPSA) is 87.2 Å². The number of hydrogen-bond donors (Lipinski definition) is 1. The van der Waals surface area contributed by atoms with Gasteiger partial charge < -0.3 is 19.7 Å². The molecule has 4 aromatic rings. The van der Waals surface area contributed by atoms with Crippen molar-refractivity contribution in [1.82, 2.24) is 14.8 Å². The minimum absolute atomic E-state index is 0.256. The van der Waals surface area contributed by atoms with Crippen molar-refractivity contribution in [2.24, 2.45) is 0 Å². The molecule has 9 nitrogen and oxygen atoms in total. The number of imide groups is 1. The molecule has 46 heavy (non-hydrogen) atoms. The molecule has 0 radical (unpaired) electrons. The van der Waals surface area contributed by atoms with E-state index >= 15 is 0 Å². The zero-order valence-corrected chi connectivity index (χ0v) is 26.7. The Morgan fingerprint density at radius 1 is 0.804 bits per heavy atom. The van der Waals surface area contributed by atoms with E-state index in [-0.39, 0.29) is 11.8 Å². The number of anilines is 2. The second-order valence-electron chi connectivity index (χ2n) is 11.7. The van der Waals surface area contributed by atoms with Crippen molar-refractivity contribution in [2.75, 3.05) is 57.2 Å². The van der Waals surface area contributed by atoms with Crippen LogP contribution < -0.4 is 19.7 Å². The lowest BCUT2D eigenvalue weighted by Gasteiger charge is -2.39. The van der Waals surface area contributed by atoms with Crippen LogP contribution in [0.4, 0.5) is 11.5 Å². The fourth-order valence-corrected chi connectivity index (χ4v) is 6.61. The Kier molecular flexibility index (Phi) is 9.49. The number of amides is 2. The van der Waals surface area contributed by atoms with Crippen molar-refractivity contribution in [3.05, 3.63) is 113 Å². The highest BCUT2D eigenvalue weighted by Crippen LogP contribution is 2.40. The number of carbonyl (C=O) groups excluding carboxylic acids is 2. The number of ether oxygens (including phenoxy) is 2. The summed E-state index contributed by atoms with van der Waals surface area (Å²) in [7, 11) is 3.17. The maximum absolute atomic E-state index is 14.4. The Hall–Kier alpha value is -4.89. The monoisotopic (exact) mass is 619 g/mol. The molecule has 2 aliphatic heterocycles. The summed E-state index contributed by atoms with van der Waals surface area (Å²) >= 11 is 0. The van der Waals surface area contributed by atoms with Gasteiger partial charge in [-0.05, 0) is 67.3 Å². The van der Waals surface area contributed by atoms with E-state index in [2.05, 4.69) is 51.3 Å². The smallest absolute Gasteiger partial charge is 0.264 e. The normalized spacial score (nSPS) is 16.2. The number of fused-ring (bicyclic) bond motifs is 1. The van der Waals surface area contributed by atoms with E-state index in [4.69, 9.17) is 9.47 Å². The molecule has 2 aliphatic rings. The zero-order valence-electron chi connectivity index (χ0n) is 26.7. The molecule has 1 aromatic heterocycles. The number of nitrogens with one attached hydrogen (secondary N) is 1. The Morgan fingerprint density at radius 2 is 1.57 bits per heavy atom. The maximum Gasteiger partial charge on any atom is 0.264 e. The second-order valence-corrected chi connectivity index (χ2v) is 11.7. The highest BCUT2D eigenvalue weighted by Gasteiger charge is 2.43. The van der Waals surface area contributed by atoms with Crippen LogP contribution in [0, 0.1) is 0 Å². The number of benzene rings is 3. The van der Waals surface area contributed by atoms with Crippen LogP contribution in [-0.2, 0) is 0 Å². The van der Waals surface area contributed by atoms with Gasteiger partial charge in [-0.25, -0.2) is 4.98 Å². The van der Waals surface area contributed by atoms with Crippen LogP contribution in [0.2, 0.25) is 0 Å². The van der Waals surface area contributed by atoms with Crippen LogP contribution in [0.1, 0.15) is 63.7 Å². The van der Waals surface area contributed by atoms with Gasteiger partial charge in [0.2, 0.25) is 0 Å². The third-order valence-electron chi connectivity index (χ3n) is 9.14. The Morgan fingerprint density at radius 3 is 2.28 bits per heavy atom. The molecule has 1 N–H and O–H groups in total. The van der Waals surface area contributed by atoms with Gasteiger partial charge in [0.15, 0.2) is 11.5 Å². The molecule has 0 aliphatic carbocycles. The minimum atomic E-state index is -0.492. The molecule has 1 fully saturated rings. The molecule has 9 heteroatoms. The molecule has 3 aromatic carbocycles. The zero-order chi connectivity index (χ0) is 32.0. The molecule has 2 amide bonds. The van der Waals surface area contributed by atoms with Crippen LogP contribution >= 0.6 is 0 Å². The first-order valence-corrected chi connectivity index (χ1v) is 15.9. The lowest BCUT2D eigenvalue weighted by atomic mass is 9.99. The average molecular weight is 620 g/mol. The predicted octanol–water partition coefficient (Wildman–Crippen LogP) is 6.21. The summed E-state index contributed by atoms with van der Waals surface area (Å²) in [4.78, 5) is 39.0. The summed E-state index contributed by atoms with van der Waals surface area (Å²) in [5.74, 6) is 1.40. The molecular weight excluding hydrogens is 578 g/mol. The van der Waals surface area contributed by atoms with E-state index in [0.717, 1.165) is 43.2 Å². The SMILES string of the molecule is COc1ccc(C(CCCNc2ccccn2)N2C(=O)c3cccc(N4CCN(C(C)c5ccccc5)CC4)c3C2=O)cc1OC. The Balaban J connectivity index is 1.24. The van der Waals surface area contributed by atoms with E-state index in [0.29, 0.717) is 48.1 Å². The maximum atomic E-state index is 14.4. The van der Waals surface area contributed by atoms with Crippen molar-refractivity contribution in [2.45, 2.75) is 31.8 Å². The number of methoxy groups -OCH3 is 2. The summed E-state index contributed by atoms with van der Waals surface area (Å²) < 4.78 is 11.1. The van der Waals surface area contributed by atoms with Crippen molar-refractivity contribution in [3.8, 4) is 11.5 Å². The number of nitrogens with zero attached hydrogens (tertiary/aromatic N) is 4. The molecule has 0 bridgehead atoms. The minimum Gasteiger partial charge on any atom is -0.493 e. The third kappa shape index (κ3) is 6.28. The van der Waals surface area contributed by atoms with E-state index in [1.165, 1.54) is 10.5 Å². The summed E-state index contributed by atoms with van der Waals surface area (Å²) in [6, 6.07) is 27.3. The Labute approximate surface area is 270 Å². The van der Waals surface area contributed by atoms with E-state index in [9.17, 15) is 9.59 Å². The van der Waals surface area contributed by atoms with Gasteiger partial charge in [-0.3, -0.25) is 19.4 Å². The van der Waals surface area contributed by atoms with E-state index < -0.39 is 6.04 Å². The summed E-state index contributed by atoms with van der Waals surface area (Å²) in [5, 5.41) is 3.34. The highest BCUT2D eigenvalue weighted by molar-refractivity contribution is 6.24. The van der Waals surface area contributed by atoms with Crippen LogP contribution in [0.25, 0.3) is 0 Å². The summed E-state index contributed by atoms with van der Waals surface area (Å²) in [6.45, 7) is 6.15. The van der Waals surface area contributed by atoms with Crippen molar-refractivity contribution < 1.29 is 19.1 Å². The predicted molar refractivity (Wildman–Crippen MR) is 180 cm³/mol. The van der Waals surface area contributed by atoms with Crippen LogP contribution in [-0.4, -0.2) is 73.5 Å². The van der Waals surface area contributed by atoms with Gasteiger partial charge in [0.25, 0.3) is 11.8 Å². The number of rotatable bonds is 12. The summed E-state index contributed by atoms with van der Waals surface area (Å²) in [6.07, 6.45) is 3.01. The summed E-state index contributed by atoms with van der Waals surface area (Å²) in [5.41, 5.74) is 3.89. The van der Waals surface area contributed by atoms with Crippen LogP contribution in [0.15, 0.2) is 91.1 Å². The fourth-order valence-electron chi connectivity index (χ4n) is 6.61. The second kappa shape index (κ2) is 14.0. The molecule has 0 saturated carbocycles. The first-order chi connectivity index (χ1) is 22.5. The first-order valence-electron chi connectivity index (χ1n) is 15.9. The number of carbonyl (C=O) groups is 2. The van der Waals surface area contributed by atoms with Gasteiger partial charge in [0.1, 0.15) is 5.82 Å². The quantitative estimate of drug-likeness (QED) is 0.148. The molecule has 3 heterocycles. The molecular formula is C37H41N5O4. The molecule has 238 valence electrons. The number of aromatic nitrogens is 1. The van der Waals surface area contributed by atoms with Gasteiger partial charge in [0.05, 0.1) is 37.1 Å². The van der Waals surface area contributed by atoms with Gasteiger partial charge in [-0.2, -0.15) is 0 Å². The van der Waals surface area contributed by atoms with E-state index in [1.807, 2.05) is 54.6 Å². The fraction of sp³-hybridized carbons (Fsp3) is 0.324. The third-order valence-corrected chi connectivity index (χ3v) is 9.14. The molecule has 2 atom stereocenters. The first kappa shape index (κ1) is 31.1. The lowest BCUT2D eigenvalue weighted by Crippen LogP contribution is -2.47. The van der Waals surface area contributed by atoms with Crippen LogP contribution in [0.5, 0.6) is 11.5 Å². The Bertz CT molecular complexity index is 1660. The lowest BCUT2D eigenvalue weighted by molar-refractivity contribution is 0.0572.